The molecule has 22 heavy (non-hydrogen) atoms. The van der Waals surface area contributed by atoms with Gasteiger partial charge < -0.3 is 11.1 Å². The Labute approximate surface area is 135 Å². The number of piperidine rings is 1. The normalized spacial score (nSPS) is 18.1. The smallest absolute Gasteiger partial charge is 0.252 e. The van der Waals surface area contributed by atoms with Gasteiger partial charge in [0.05, 0.1) is 6.42 Å². The van der Waals surface area contributed by atoms with Gasteiger partial charge in [0.1, 0.15) is 4.21 Å². The first kappa shape index (κ1) is 17.4. The Morgan fingerprint density at radius 3 is 2.68 bits per heavy atom. The summed E-state index contributed by atoms with van der Waals surface area (Å²) in [6.07, 6.45) is 3.10. The van der Waals surface area contributed by atoms with Gasteiger partial charge in [0.25, 0.3) is 10.0 Å². The topological polar surface area (TPSA) is 92.5 Å². The Bertz CT molecular complexity index is 607. The average molecular weight is 345 g/mol. The average Bonchev–Trinajstić information content (AvgIpc) is 2.97. The molecule has 1 aromatic rings. The van der Waals surface area contributed by atoms with Gasteiger partial charge in [0.2, 0.25) is 5.91 Å². The SMILES string of the molecule is C[C@@H](CN)NC(=O)Cc1ccc(S(=O)(=O)N2CCCCC2)s1. The second-order valence-corrected chi connectivity index (χ2v) is 8.90. The fourth-order valence-corrected chi connectivity index (χ4v) is 5.39. The van der Waals surface area contributed by atoms with E-state index in [1.165, 1.54) is 11.3 Å². The van der Waals surface area contributed by atoms with E-state index in [1.807, 2.05) is 6.92 Å². The summed E-state index contributed by atoms with van der Waals surface area (Å²) < 4.78 is 26.9. The van der Waals surface area contributed by atoms with Crippen LogP contribution in [0.4, 0.5) is 0 Å². The highest BCUT2D eigenvalue weighted by Gasteiger charge is 2.27. The van der Waals surface area contributed by atoms with E-state index in [0.29, 0.717) is 23.8 Å². The van der Waals surface area contributed by atoms with Crippen LogP contribution in [0.25, 0.3) is 0 Å². The highest BCUT2D eigenvalue weighted by Crippen LogP contribution is 2.27. The Balaban J connectivity index is 2.02. The molecule has 6 nitrogen and oxygen atoms in total. The maximum Gasteiger partial charge on any atom is 0.252 e. The summed E-state index contributed by atoms with van der Waals surface area (Å²) in [7, 11) is -3.40. The number of sulfonamides is 1. The van der Waals surface area contributed by atoms with E-state index in [1.54, 1.807) is 16.4 Å². The molecule has 1 aliphatic heterocycles. The van der Waals surface area contributed by atoms with Gasteiger partial charge in [-0.3, -0.25) is 4.79 Å². The predicted octanol–water partition coefficient (Wildman–Crippen LogP) is 0.929. The van der Waals surface area contributed by atoms with Gasteiger partial charge in [0.15, 0.2) is 0 Å². The van der Waals surface area contributed by atoms with Crippen LogP contribution in [-0.2, 0) is 21.2 Å². The van der Waals surface area contributed by atoms with E-state index in [2.05, 4.69) is 5.32 Å². The lowest BCUT2D eigenvalue weighted by molar-refractivity contribution is -0.120. The molecule has 0 spiro atoms. The standard InChI is InChI=1S/C14H23N3O3S2/c1-11(10-15)16-13(18)9-12-5-6-14(21-12)22(19,20)17-7-3-2-4-8-17/h5-6,11H,2-4,7-10,15H2,1H3,(H,16,18)/t11-/m0/s1. The number of hydrogen-bond acceptors (Lipinski definition) is 5. The molecule has 1 saturated heterocycles. The van der Waals surface area contributed by atoms with Crippen molar-refractivity contribution in [2.75, 3.05) is 19.6 Å². The summed E-state index contributed by atoms with van der Waals surface area (Å²) in [5.74, 6) is -0.137. The third kappa shape index (κ3) is 4.28. The summed E-state index contributed by atoms with van der Waals surface area (Å²) in [5.41, 5.74) is 5.46. The van der Waals surface area contributed by atoms with Gasteiger partial charge in [-0.05, 0) is 31.9 Å². The van der Waals surface area contributed by atoms with Gasteiger partial charge in [-0.25, -0.2) is 8.42 Å². The first-order valence-electron chi connectivity index (χ1n) is 7.52. The fraction of sp³-hybridized carbons (Fsp3) is 0.643. The maximum atomic E-state index is 12.5. The minimum Gasteiger partial charge on any atom is -0.352 e. The number of amides is 1. The van der Waals surface area contributed by atoms with Crippen LogP contribution in [0.1, 0.15) is 31.1 Å². The van der Waals surface area contributed by atoms with Crippen molar-refractivity contribution in [3.63, 3.8) is 0 Å². The number of thiophene rings is 1. The first-order valence-corrected chi connectivity index (χ1v) is 9.77. The van der Waals surface area contributed by atoms with Crippen molar-refractivity contribution in [2.45, 2.75) is 42.9 Å². The zero-order chi connectivity index (χ0) is 16.2. The molecule has 0 bridgehead atoms. The van der Waals surface area contributed by atoms with Crippen LogP contribution in [0.3, 0.4) is 0 Å². The molecule has 1 aromatic heterocycles. The molecular weight excluding hydrogens is 322 g/mol. The molecule has 2 heterocycles. The molecule has 3 N–H and O–H groups in total. The largest absolute Gasteiger partial charge is 0.352 e. The van der Waals surface area contributed by atoms with E-state index in [0.717, 1.165) is 24.1 Å². The minimum absolute atomic E-state index is 0.0796. The monoisotopic (exact) mass is 345 g/mol. The van der Waals surface area contributed by atoms with Crippen LogP contribution in [0.5, 0.6) is 0 Å². The molecule has 2 rings (SSSR count). The number of carbonyl (C=O) groups excluding carboxylic acids is 1. The number of carbonyl (C=O) groups is 1. The Morgan fingerprint density at radius 2 is 2.05 bits per heavy atom. The molecule has 0 radical (unpaired) electrons. The number of nitrogens with one attached hydrogen (secondary N) is 1. The summed E-state index contributed by atoms with van der Waals surface area (Å²) in [5, 5.41) is 2.77. The molecule has 1 aliphatic rings. The van der Waals surface area contributed by atoms with Crippen molar-refractivity contribution in [1.29, 1.82) is 0 Å². The molecular formula is C14H23N3O3S2. The summed E-state index contributed by atoms with van der Waals surface area (Å²) in [4.78, 5) is 12.6. The molecule has 1 amide bonds. The quantitative estimate of drug-likeness (QED) is 0.802. The van der Waals surface area contributed by atoms with Crippen molar-refractivity contribution in [2.24, 2.45) is 5.73 Å². The molecule has 0 aromatic carbocycles. The molecule has 0 saturated carbocycles. The zero-order valence-corrected chi connectivity index (χ0v) is 14.4. The number of nitrogens with zero attached hydrogens (tertiary/aromatic N) is 1. The highest BCUT2D eigenvalue weighted by molar-refractivity contribution is 7.91. The van der Waals surface area contributed by atoms with Crippen LogP contribution < -0.4 is 11.1 Å². The maximum absolute atomic E-state index is 12.5. The molecule has 124 valence electrons. The second kappa shape index (κ2) is 7.54. The van der Waals surface area contributed by atoms with Crippen LogP contribution in [0.2, 0.25) is 0 Å². The number of rotatable bonds is 6. The third-order valence-electron chi connectivity index (χ3n) is 3.64. The molecule has 1 fully saturated rings. The molecule has 0 unspecified atom stereocenters. The fourth-order valence-electron chi connectivity index (χ4n) is 2.37. The summed E-state index contributed by atoms with van der Waals surface area (Å²) >= 11 is 1.17. The second-order valence-electron chi connectivity index (χ2n) is 5.57. The van der Waals surface area contributed by atoms with Crippen molar-refractivity contribution >= 4 is 27.3 Å². The summed E-state index contributed by atoms with van der Waals surface area (Å²) in [6, 6.07) is 3.24. The first-order chi connectivity index (χ1) is 10.4. The van der Waals surface area contributed by atoms with E-state index >= 15 is 0 Å². The zero-order valence-electron chi connectivity index (χ0n) is 12.7. The van der Waals surface area contributed by atoms with Crippen LogP contribution in [0.15, 0.2) is 16.3 Å². The van der Waals surface area contributed by atoms with E-state index in [9.17, 15) is 13.2 Å². The molecule has 1 atom stereocenters. The van der Waals surface area contributed by atoms with Crippen molar-refractivity contribution in [3.05, 3.63) is 17.0 Å². The highest BCUT2D eigenvalue weighted by atomic mass is 32.2. The van der Waals surface area contributed by atoms with E-state index < -0.39 is 10.0 Å². The lowest BCUT2D eigenvalue weighted by Gasteiger charge is -2.25. The Morgan fingerprint density at radius 1 is 1.36 bits per heavy atom. The van der Waals surface area contributed by atoms with Crippen LogP contribution >= 0.6 is 11.3 Å². The Kier molecular flexibility index (Phi) is 5.96. The Hall–Kier alpha value is -0.960. The van der Waals surface area contributed by atoms with Crippen LogP contribution in [0, 0.1) is 0 Å². The predicted molar refractivity (Wildman–Crippen MR) is 87.3 cm³/mol. The summed E-state index contributed by atoms with van der Waals surface area (Å²) in [6.45, 7) is 3.39. The van der Waals surface area contributed by atoms with Gasteiger partial charge in [-0.1, -0.05) is 6.42 Å². The third-order valence-corrected chi connectivity index (χ3v) is 7.09. The van der Waals surface area contributed by atoms with Crippen molar-refractivity contribution in [1.82, 2.24) is 9.62 Å². The lowest BCUT2D eigenvalue weighted by atomic mass is 10.2. The van der Waals surface area contributed by atoms with Gasteiger partial charge >= 0.3 is 0 Å². The molecule has 0 aliphatic carbocycles. The van der Waals surface area contributed by atoms with Crippen LogP contribution in [-0.4, -0.2) is 44.3 Å². The van der Waals surface area contributed by atoms with Crippen molar-refractivity contribution < 1.29 is 13.2 Å². The number of hydrogen-bond donors (Lipinski definition) is 2. The van der Waals surface area contributed by atoms with Gasteiger partial charge in [-0.2, -0.15) is 4.31 Å². The lowest BCUT2D eigenvalue weighted by Crippen LogP contribution is -2.38. The minimum atomic E-state index is -3.40. The number of nitrogens with two attached hydrogens (primary N) is 1. The van der Waals surface area contributed by atoms with Crippen molar-refractivity contribution in [3.8, 4) is 0 Å². The molecule has 8 heteroatoms. The van der Waals surface area contributed by atoms with E-state index in [-0.39, 0.29) is 18.4 Å². The van der Waals surface area contributed by atoms with Gasteiger partial charge in [-0.15, -0.1) is 11.3 Å². The van der Waals surface area contributed by atoms with Gasteiger partial charge in [0, 0.05) is 30.6 Å². The van der Waals surface area contributed by atoms with E-state index in [4.69, 9.17) is 5.73 Å².